The molecule has 172 valence electrons. The van der Waals surface area contributed by atoms with Gasteiger partial charge in [0.15, 0.2) is 11.5 Å². The Labute approximate surface area is 209 Å². The van der Waals surface area contributed by atoms with Crippen molar-refractivity contribution in [2.75, 3.05) is 7.11 Å². The molecular weight excluding hydrogens is 520 g/mol. The third kappa shape index (κ3) is 5.32. The molecule has 4 aromatic rings. The number of rotatable bonds is 7. The van der Waals surface area contributed by atoms with E-state index in [-0.39, 0.29) is 17.9 Å². The predicted octanol–water partition coefficient (Wildman–Crippen LogP) is 6.31. The molecule has 4 rings (SSSR count). The third-order valence-electron chi connectivity index (χ3n) is 5.10. The van der Waals surface area contributed by atoms with Gasteiger partial charge in [-0.25, -0.2) is 5.43 Å². The Kier molecular flexibility index (Phi) is 7.35. The molecule has 8 heteroatoms. The van der Waals surface area contributed by atoms with Crippen LogP contribution in [0.5, 0.6) is 17.2 Å². The van der Waals surface area contributed by atoms with Crippen molar-refractivity contribution in [2.24, 2.45) is 5.10 Å². The van der Waals surface area contributed by atoms with E-state index in [0.717, 1.165) is 16.3 Å². The van der Waals surface area contributed by atoms with Crippen LogP contribution >= 0.6 is 27.5 Å². The van der Waals surface area contributed by atoms with Gasteiger partial charge in [-0.1, -0.05) is 54.1 Å². The summed E-state index contributed by atoms with van der Waals surface area (Å²) in [7, 11) is 1.54. The monoisotopic (exact) mass is 538 g/mol. The van der Waals surface area contributed by atoms with Gasteiger partial charge in [0, 0.05) is 20.6 Å². The largest absolute Gasteiger partial charge is 0.507 e. The lowest BCUT2D eigenvalue weighted by Gasteiger charge is -2.13. The van der Waals surface area contributed by atoms with Crippen LogP contribution in [-0.2, 0) is 6.61 Å². The first-order chi connectivity index (χ1) is 16.5. The van der Waals surface area contributed by atoms with Crippen molar-refractivity contribution in [3.8, 4) is 17.2 Å². The first-order valence-corrected chi connectivity index (χ1v) is 11.4. The predicted molar refractivity (Wildman–Crippen MR) is 137 cm³/mol. The maximum atomic E-state index is 12.6. The second kappa shape index (κ2) is 10.6. The zero-order chi connectivity index (χ0) is 24.1. The third-order valence-corrected chi connectivity index (χ3v) is 6.16. The molecule has 0 aliphatic rings. The summed E-state index contributed by atoms with van der Waals surface area (Å²) in [5, 5.41) is 16.6. The van der Waals surface area contributed by atoms with Crippen LogP contribution in [0.4, 0.5) is 0 Å². The average Bonchev–Trinajstić information content (AvgIpc) is 2.84. The number of amides is 1. The van der Waals surface area contributed by atoms with Crippen molar-refractivity contribution in [3.05, 3.63) is 99.0 Å². The van der Waals surface area contributed by atoms with Gasteiger partial charge in [-0.2, -0.15) is 5.10 Å². The van der Waals surface area contributed by atoms with E-state index in [9.17, 15) is 9.90 Å². The molecule has 0 unspecified atom stereocenters. The number of phenols is 1. The maximum Gasteiger partial charge on any atom is 0.275 e. The number of nitrogens with one attached hydrogen (secondary N) is 1. The fourth-order valence-corrected chi connectivity index (χ4v) is 3.94. The van der Waals surface area contributed by atoms with Crippen LogP contribution in [0.3, 0.4) is 0 Å². The standard InChI is InChI=1S/C26H20BrClN2O4/c1-33-24-12-19(21(27)13-25(24)34-15-18-8-4-5-9-22(18)28)14-29-30-26(32)20-10-16-6-2-3-7-17(16)11-23(20)31/h2-14,31H,15H2,1H3,(H,30,32). The van der Waals surface area contributed by atoms with Crippen molar-refractivity contribution in [1.82, 2.24) is 5.43 Å². The summed E-state index contributed by atoms with van der Waals surface area (Å²) in [6.07, 6.45) is 1.47. The van der Waals surface area contributed by atoms with Crippen molar-refractivity contribution in [1.29, 1.82) is 0 Å². The van der Waals surface area contributed by atoms with Crippen LogP contribution < -0.4 is 14.9 Å². The summed E-state index contributed by atoms with van der Waals surface area (Å²) in [6, 6.07) is 21.6. The Morgan fingerprint density at radius 1 is 1.06 bits per heavy atom. The topological polar surface area (TPSA) is 80.2 Å². The van der Waals surface area contributed by atoms with Gasteiger partial charge in [0.25, 0.3) is 5.91 Å². The smallest absolute Gasteiger partial charge is 0.275 e. The lowest BCUT2D eigenvalue weighted by atomic mass is 10.1. The number of hydrogen-bond acceptors (Lipinski definition) is 5. The number of halogens is 2. The van der Waals surface area contributed by atoms with E-state index < -0.39 is 5.91 Å². The van der Waals surface area contributed by atoms with Gasteiger partial charge in [0.1, 0.15) is 12.4 Å². The number of ether oxygens (including phenoxy) is 2. The molecular formula is C26H20BrClN2O4. The number of methoxy groups -OCH3 is 1. The van der Waals surface area contributed by atoms with Crippen LogP contribution in [0.2, 0.25) is 5.02 Å². The van der Waals surface area contributed by atoms with Crippen molar-refractivity contribution in [2.45, 2.75) is 6.61 Å². The quantitative estimate of drug-likeness (QED) is 0.213. The summed E-state index contributed by atoms with van der Waals surface area (Å²) < 4.78 is 12.0. The molecule has 0 aliphatic heterocycles. The first-order valence-electron chi connectivity index (χ1n) is 10.2. The number of hydrogen-bond donors (Lipinski definition) is 2. The average molecular weight is 540 g/mol. The van der Waals surface area contributed by atoms with Crippen LogP contribution in [-0.4, -0.2) is 24.3 Å². The summed E-state index contributed by atoms with van der Waals surface area (Å²) >= 11 is 9.69. The lowest BCUT2D eigenvalue weighted by molar-refractivity contribution is 0.0952. The van der Waals surface area contributed by atoms with Gasteiger partial charge < -0.3 is 14.6 Å². The molecule has 0 bridgehead atoms. The molecule has 0 radical (unpaired) electrons. The van der Waals surface area contributed by atoms with Gasteiger partial charge in [0.2, 0.25) is 0 Å². The van der Waals surface area contributed by atoms with Crippen molar-refractivity contribution < 1.29 is 19.4 Å². The minimum atomic E-state index is -0.526. The second-order valence-electron chi connectivity index (χ2n) is 7.32. The Balaban J connectivity index is 1.48. The van der Waals surface area contributed by atoms with E-state index in [1.165, 1.54) is 13.3 Å². The number of carbonyl (C=O) groups excluding carboxylic acids is 1. The lowest BCUT2D eigenvalue weighted by Crippen LogP contribution is -2.17. The van der Waals surface area contributed by atoms with Gasteiger partial charge in [-0.05, 0) is 57.0 Å². The van der Waals surface area contributed by atoms with Crippen LogP contribution in [0, 0.1) is 0 Å². The van der Waals surface area contributed by atoms with E-state index in [1.54, 1.807) is 30.3 Å². The molecule has 1 amide bonds. The van der Waals surface area contributed by atoms with E-state index >= 15 is 0 Å². The number of benzene rings is 4. The number of nitrogens with zero attached hydrogens (tertiary/aromatic N) is 1. The Morgan fingerprint density at radius 2 is 1.76 bits per heavy atom. The summed E-state index contributed by atoms with van der Waals surface area (Å²) in [6.45, 7) is 0.279. The molecule has 2 N–H and O–H groups in total. The van der Waals surface area contributed by atoms with E-state index in [1.807, 2.05) is 42.5 Å². The Morgan fingerprint density at radius 3 is 2.50 bits per heavy atom. The van der Waals surface area contributed by atoms with Crippen molar-refractivity contribution >= 4 is 50.4 Å². The molecule has 0 spiro atoms. The van der Waals surface area contributed by atoms with Crippen LogP contribution in [0.1, 0.15) is 21.5 Å². The molecule has 0 heterocycles. The van der Waals surface area contributed by atoms with E-state index in [2.05, 4.69) is 26.5 Å². The summed E-state index contributed by atoms with van der Waals surface area (Å²) in [5.41, 5.74) is 4.09. The van der Waals surface area contributed by atoms with Gasteiger partial charge >= 0.3 is 0 Å². The Bertz CT molecular complexity index is 1390. The highest BCUT2D eigenvalue weighted by Crippen LogP contribution is 2.34. The fourth-order valence-electron chi connectivity index (χ4n) is 3.32. The fraction of sp³-hybridized carbons (Fsp3) is 0.0769. The molecule has 0 aromatic heterocycles. The van der Waals surface area contributed by atoms with E-state index in [4.69, 9.17) is 21.1 Å². The minimum Gasteiger partial charge on any atom is -0.507 e. The van der Waals surface area contributed by atoms with Crippen LogP contribution in [0.25, 0.3) is 10.8 Å². The van der Waals surface area contributed by atoms with Gasteiger partial charge in [0.05, 0.1) is 18.9 Å². The number of carbonyl (C=O) groups is 1. The molecule has 34 heavy (non-hydrogen) atoms. The molecule has 0 atom stereocenters. The first kappa shape index (κ1) is 23.6. The van der Waals surface area contributed by atoms with Gasteiger partial charge in [-0.15, -0.1) is 0 Å². The highest BCUT2D eigenvalue weighted by molar-refractivity contribution is 9.10. The van der Waals surface area contributed by atoms with Crippen LogP contribution in [0.15, 0.2) is 82.4 Å². The normalized spacial score (nSPS) is 11.0. The number of phenolic OH excluding ortho intramolecular Hbond substituents is 1. The number of hydrazone groups is 1. The zero-order valence-electron chi connectivity index (χ0n) is 18.1. The number of aromatic hydroxyl groups is 1. The highest BCUT2D eigenvalue weighted by atomic mass is 79.9. The van der Waals surface area contributed by atoms with Gasteiger partial charge in [-0.3, -0.25) is 4.79 Å². The maximum absolute atomic E-state index is 12.6. The molecule has 0 fully saturated rings. The van der Waals surface area contributed by atoms with Crippen molar-refractivity contribution in [3.63, 3.8) is 0 Å². The molecule has 0 saturated carbocycles. The summed E-state index contributed by atoms with van der Waals surface area (Å²) in [5.74, 6) is 0.378. The number of fused-ring (bicyclic) bond motifs is 1. The molecule has 0 saturated heterocycles. The second-order valence-corrected chi connectivity index (χ2v) is 8.58. The Hall–Kier alpha value is -3.55. The molecule has 0 aliphatic carbocycles. The summed E-state index contributed by atoms with van der Waals surface area (Å²) in [4.78, 5) is 12.6. The molecule has 4 aromatic carbocycles. The SMILES string of the molecule is COc1cc(C=NNC(=O)c2cc3ccccc3cc2O)c(Br)cc1OCc1ccccc1Cl. The molecule has 6 nitrogen and oxygen atoms in total. The van der Waals surface area contributed by atoms with E-state index in [0.29, 0.717) is 26.6 Å². The zero-order valence-corrected chi connectivity index (χ0v) is 20.4. The highest BCUT2D eigenvalue weighted by Gasteiger charge is 2.13. The minimum absolute atomic E-state index is 0.116.